The number of sulfonamides is 1. The number of nitrogens with zero attached hydrogens (tertiary/aromatic N) is 2. The molecule has 25 heavy (non-hydrogen) atoms. The van der Waals surface area contributed by atoms with Crippen LogP contribution >= 0.6 is 15.9 Å². The molecule has 1 heterocycles. The normalized spacial score (nSPS) is 11.1. The van der Waals surface area contributed by atoms with Gasteiger partial charge < -0.3 is 4.74 Å². The fourth-order valence-electron chi connectivity index (χ4n) is 1.88. The number of ether oxygens (including phenoxy) is 1. The summed E-state index contributed by atoms with van der Waals surface area (Å²) < 4.78 is 46.4. The highest BCUT2D eigenvalue weighted by atomic mass is 79.9. The lowest BCUT2D eigenvalue weighted by molar-refractivity contribution is 0.411. The lowest BCUT2D eigenvalue weighted by Gasteiger charge is -2.08. The molecule has 1 N–H and O–H groups in total. The average molecular weight is 424 g/mol. The van der Waals surface area contributed by atoms with Crippen LogP contribution in [0.3, 0.4) is 0 Å². The zero-order chi connectivity index (χ0) is 17.9. The molecule has 0 saturated carbocycles. The van der Waals surface area contributed by atoms with Crippen LogP contribution < -0.4 is 9.46 Å². The van der Waals surface area contributed by atoms with E-state index in [9.17, 15) is 12.8 Å². The molecule has 0 fully saturated rings. The molecule has 0 atom stereocenters. The van der Waals surface area contributed by atoms with Crippen LogP contribution in [0.15, 0.2) is 70.3 Å². The molecule has 0 unspecified atom stereocenters. The Kier molecular flexibility index (Phi) is 4.95. The first-order chi connectivity index (χ1) is 11.9. The average Bonchev–Trinajstić information content (AvgIpc) is 2.59. The summed E-state index contributed by atoms with van der Waals surface area (Å²) in [7, 11) is -3.76. The number of anilines is 1. The first-order valence-corrected chi connectivity index (χ1v) is 9.24. The summed E-state index contributed by atoms with van der Waals surface area (Å²) >= 11 is 3.24. The smallest absolute Gasteiger partial charge is 0.322 e. The van der Waals surface area contributed by atoms with E-state index < -0.39 is 15.8 Å². The molecule has 6 nitrogen and oxygen atoms in total. The second-order valence-corrected chi connectivity index (χ2v) is 7.44. The van der Waals surface area contributed by atoms with Crippen molar-refractivity contribution in [3.8, 4) is 11.8 Å². The molecule has 0 spiro atoms. The van der Waals surface area contributed by atoms with Crippen molar-refractivity contribution < 1.29 is 17.5 Å². The molecule has 0 bridgehead atoms. The van der Waals surface area contributed by atoms with E-state index >= 15 is 0 Å². The third kappa shape index (κ3) is 4.31. The Hall–Kier alpha value is -2.52. The van der Waals surface area contributed by atoms with Crippen molar-refractivity contribution in [3.63, 3.8) is 0 Å². The van der Waals surface area contributed by atoms with Gasteiger partial charge in [0.15, 0.2) is 11.6 Å². The maximum Gasteiger partial charge on any atom is 0.322 e. The van der Waals surface area contributed by atoms with Crippen LogP contribution in [0.1, 0.15) is 0 Å². The van der Waals surface area contributed by atoms with Crippen molar-refractivity contribution in [2.24, 2.45) is 0 Å². The van der Waals surface area contributed by atoms with Crippen LogP contribution in [0.5, 0.6) is 11.8 Å². The third-order valence-electron chi connectivity index (χ3n) is 3.04. The van der Waals surface area contributed by atoms with E-state index in [1.54, 1.807) is 18.2 Å². The van der Waals surface area contributed by atoms with E-state index in [1.807, 2.05) is 0 Å². The highest BCUT2D eigenvalue weighted by molar-refractivity contribution is 9.10. The Balaban J connectivity index is 1.74. The van der Waals surface area contributed by atoms with Gasteiger partial charge in [0.2, 0.25) is 0 Å². The number of benzene rings is 2. The summed E-state index contributed by atoms with van der Waals surface area (Å²) in [6.07, 6.45) is 2.47. The Labute approximate surface area is 151 Å². The van der Waals surface area contributed by atoms with Crippen LogP contribution in [0.4, 0.5) is 10.1 Å². The van der Waals surface area contributed by atoms with Crippen molar-refractivity contribution >= 4 is 31.6 Å². The molecular formula is C16H11BrFN3O3S. The van der Waals surface area contributed by atoms with Gasteiger partial charge in [-0.2, -0.15) is 0 Å². The van der Waals surface area contributed by atoms with Crippen molar-refractivity contribution in [1.29, 1.82) is 0 Å². The second-order valence-electron chi connectivity index (χ2n) is 4.85. The van der Waals surface area contributed by atoms with Gasteiger partial charge >= 0.3 is 6.01 Å². The topological polar surface area (TPSA) is 81.2 Å². The van der Waals surface area contributed by atoms with Crippen LogP contribution in [-0.4, -0.2) is 18.4 Å². The van der Waals surface area contributed by atoms with Crippen molar-refractivity contribution in [3.05, 3.63) is 71.2 Å². The number of hydrogen-bond acceptors (Lipinski definition) is 5. The van der Waals surface area contributed by atoms with Gasteiger partial charge in [-0.3, -0.25) is 4.72 Å². The van der Waals surface area contributed by atoms with Crippen LogP contribution in [0.2, 0.25) is 0 Å². The van der Waals surface area contributed by atoms with Gasteiger partial charge in [0.25, 0.3) is 10.0 Å². The molecule has 0 aliphatic heterocycles. The molecule has 128 valence electrons. The third-order valence-corrected chi connectivity index (χ3v) is 4.97. The maximum absolute atomic E-state index is 13.5. The van der Waals surface area contributed by atoms with Gasteiger partial charge in [-0.15, -0.1) is 0 Å². The molecule has 3 rings (SSSR count). The first-order valence-electron chi connectivity index (χ1n) is 6.97. The fourth-order valence-corrected chi connectivity index (χ4v) is 3.17. The van der Waals surface area contributed by atoms with Crippen molar-refractivity contribution in [1.82, 2.24) is 9.97 Å². The largest absolute Gasteiger partial charge is 0.421 e. The van der Waals surface area contributed by atoms with Crippen LogP contribution in [-0.2, 0) is 10.0 Å². The van der Waals surface area contributed by atoms with Gasteiger partial charge in [-0.05, 0) is 36.4 Å². The maximum atomic E-state index is 13.5. The van der Waals surface area contributed by atoms with Gasteiger partial charge in [0, 0.05) is 4.47 Å². The van der Waals surface area contributed by atoms with Crippen molar-refractivity contribution in [2.45, 2.75) is 4.90 Å². The number of aromatic nitrogens is 2. The van der Waals surface area contributed by atoms with E-state index in [-0.39, 0.29) is 22.3 Å². The Morgan fingerprint density at radius 1 is 1.00 bits per heavy atom. The van der Waals surface area contributed by atoms with Gasteiger partial charge in [0.05, 0.1) is 23.0 Å². The summed E-state index contributed by atoms with van der Waals surface area (Å²) in [4.78, 5) is 7.84. The molecular weight excluding hydrogens is 413 g/mol. The van der Waals surface area contributed by atoms with E-state index in [0.717, 1.165) is 4.47 Å². The number of hydrogen-bond donors (Lipinski definition) is 1. The number of nitrogens with one attached hydrogen (secondary N) is 1. The van der Waals surface area contributed by atoms with Gasteiger partial charge in [-0.25, -0.2) is 22.8 Å². The highest BCUT2D eigenvalue weighted by Crippen LogP contribution is 2.22. The van der Waals surface area contributed by atoms with Crippen LogP contribution in [0.25, 0.3) is 0 Å². The summed E-state index contributed by atoms with van der Waals surface area (Å²) in [6.45, 7) is 0. The summed E-state index contributed by atoms with van der Waals surface area (Å²) in [5.41, 5.74) is 0.156. The number of para-hydroxylation sites is 1. The summed E-state index contributed by atoms with van der Waals surface area (Å²) in [6, 6.07) is 11.9. The molecule has 9 heteroatoms. The van der Waals surface area contributed by atoms with Gasteiger partial charge in [0.1, 0.15) is 0 Å². The SMILES string of the molecule is O=S(=O)(Nc1cnc(Oc2ccccc2F)nc1)c1ccc(Br)cc1. The fraction of sp³-hybridized carbons (Fsp3) is 0. The number of rotatable bonds is 5. The standard InChI is InChI=1S/C16H11BrFN3O3S/c17-11-5-7-13(8-6-11)25(22,23)21-12-9-19-16(20-10-12)24-15-4-2-1-3-14(15)18/h1-10,21H. The lowest BCUT2D eigenvalue weighted by atomic mass is 10.3. The lowest BCUT2D eigenvalue weighted by Crippen LogP contribution is -2.13. The van der Waals surface area contributed by atoms with E-state index in [2.05, 4.69) is 30.6 Å². The van der Waals surface area contributed by atoms with Gasteiger partial charge in [-0.1, -0.05) is 28.1 Å². The minimum atomic E-state index is -3.76. The highest BCUT2D eigenvalue weighted by Gasteiger charge is 2.14. The molecule has 3 aromatic rings. The molecule has 0 aliphatic rings. The molecule has 1 aromatic heterocycles. The first kappa shape index (κ1) is 17.3. The Morgan fingerprint density at radius 2 is 1.64 bits per heavy atom. The molecule has 0 aliphatic carbocycles. The quantitative estimate of drug-likeness (QED) is 0.671. The minimum Gasteiger partial charge on any atom is -0.421 e. The molecule has 2 aromatic carbocycles. The zero-order valence-electron chi connectivity index (χ0n) is 12.6. The number of halogens is 2. The Morgan fingerprint density at radius 3 is 2.28 bits per heavy atom. The molecule has 0 saturated heterocycles. The predicted octanol–water partition coefficient (Wildman–Crippen LogP) is 3.97. The monoisotopic (exact) mass is 423 g/mol. The summed E-state index contributed by atoms with van der Waals surface area (Å²) in [5.74, 6) is -0.572. The van der Waals surface area contributed by atoms with Crippen molar-refractivity contribution in [2.75, 3.05) is 4.72 Å². The molecule has 0 amide bonds. The van der Waals surface area contributed by atoms with E-state index in [4.69, 9.17) is 4.74 Å². The summed E-state index contributed by atoms with van der Waals surface area (Å²) in [5, 5.41) is 0. The van der Waals surface area contributed by atoms with Crippen LogP contribution in [0, 0.1) is 5.82 Å². The zero-order valence-corrected chi connectivity index (χ0v) is 15.0. The second kappa shape index (κ2) is 7.16. The molecule has 0 radical (unpaired) electrons. The van der Waals surface area contributed by atoms with E-state index in [1.165, 1.54) is 42.7 Å². The Bertz CT molecular complexity index is 980. The van der Waals surface area contributed by atoms with E-state index in [0.29, 0.717) is 0 Å². The predicted molar refractivity (Wildman–Crippen MR) is 93.5 cm³/mol. The minimum absolute atomic E-state index is 0.0225.